The van der Waals surface area contributed by atoms with Crippen LogP contribution >= 0.6 is 0 Å². The number of nitrogens with one attached hydrogen (secondary N) is 2. The van der Waals surface area contributed by atoms with Crippen molar-refractivity contribution in [3.05, 3.63) is 29.8 Å². The number of benzene rings is 1. The average Bonchev–Trinajstić information content (AvgIpc) is 2.90. The van der Waals surface area contributed by atoms with Crippen LogP contribution in [-0.4, -0.2) is 53.1 Å². The Labute approximate surface area is 138 Å². The molecule has 1 saturated heterocycles. The molecule has 1 aliphatic heterocycles. The van der Waals surface area contributed by atoms with Gasteiger partial charge in [0.05, 0.1) is 18.6 Å². The average molecular weight is 339 g/mol. The van der Waals surface area contributed by atoms with E-state index >= 15 is 0 Å². The van der Waals surface area contributed by atoms with Crippen LogP contribution in [0.4, 0.5) is 0 Å². The summed E-state index contributed by atoms with van der Waals surface area (Å²) in [5.74, 6) is 2.34. The van der Waals surface area contributed by atoms with Crippen LogP contribution in [0.15, 0.2) is 29.3 Å². The summed E-state index contributed by atoms with van der Waals surface area (Å²) in [6, 6.07) is 7.93. The molecule has 128 valence electrons. The van der Waals surface area contributed by atoms with Crippen LogP contribution in [0, 0.1) is 5.92 Å². The second kappa shape index (κ2) is 8.19. The maximum absolute atomic E-state index is 11.5. The normalized spacial score (nSPS) is 20.3. The zero-order chi connectivity index (χ0) is 16.7. The van der Waals surface area contributed by atoms with Gasteiger partial charge in [-0.15, -0.1) is 0 Å². The maximum atomic E-state index is 11.5. The van der Waals surface area contributed by atoms with Crippen molar-refractivity contribution in [2.45, 2.75) is 12.8 Å². The molecule has 7 heteroatoms. The third kappa shape index (κ3) is 5.42. The second-order valence-corrected chi connectivity index (χ2v) is 7.94. The second-order valence-electron chi connectivity index (χ2n) is 5.71. The predicted octanol–water partition coefficient (Wildman–Crippen LogP) is 0.837. The maximum Gasteiger partial charge on any atom is 0.190 e. The minimum atomic E-state index is -2.82. The van der Waals surface area contributed by atoms with Crippen LogP contribution in [-0.2, 0) is 16.3 Å². The van der Waals surface area contributed by atoms with Crippen LogP contribution in [0.1, 0.15) is 12.0 Å². The van der Waals surface area contributed by atoms with Gasteiger partial charge in [-0.3, -0.25) is 4.99 Å². The minimum absolute atomic E-state index is 0.174. The molecule has 1 aliphatic rings. The van der Waals surface area contributed by atoms with Gasteiger partial charge in [-0.25, -0.2) is 8.42 Å². The van der Waals surface area contributed by atoms with Crippen molar-refractivity contribution < 1.29 is 13.2 Å². The molecule has 0 radical (unpaired) electrons. The number of rotatable bonds is 6. The molecule has 0 amide bonds. The molecule has 1 atom stereocenters. The molecule has 6 nitrogen and oxygen atoms in total. The molecule has 1 fully saturated rings. The van der Waals surface area contributed by atoms with Gasteiger partial charge in [-0.2, -0.15) is 0 Å². The molecule has 0 aromatic heterocycles. The van der Waals surface area contributed by atoms with Crippen LogP contribution in [0.2, 0.25) is 0 Å². The number of aliphatic imine (C=N–C) groups is 1. The van der Waals surface area contributed by atoms with E-state index in [-0.39, 0.29) is 11.7 Å². The summed E-state index contributed by atoms with van der Waals surface area (Å²) in [6.07, 6.45) is 1.55. The summed E-state index contributed by atoms with van der Waals surface area (Å²) in [7, 11) is 0.556. The van der Waals surface area contributed by atoms with Gasteiger partial charge in [0.25, 0.3) is 0 Å². The number of hydrogen-bond donors (Lipinski definition) is 2. The lowest BCUT2D eigenvalue weighted by atomic mass is 10.1. The number of para-hydroxylation sites is 1. The van der Waals surface area contributed by atoms with E-state index in [0.29, 0.717) is 18.3 Å². The minimum Gasteiger partial charge on any atom is -0.496 e. The zero-order valence-corrected chi connectivity index (χ0v) is 14.5. The number of sulfone groups is 1. The molecule has 1 heterocycles. The number of ether oxygens (including phenoxy) is 1. The van der Waals surface area contributed by atoms with Crippen molar-refractivity contribution >= 4 is 15.8 Å². The van der Waals surface area contributed by atoms with E-state index in [1.165, 1.54) is 0 Å². The van der Waals surface area contributed by atoms with Gasteiger partial charge >= 0.3 is 0 Å². The van der Waals surface area contributed by atoms with Crippen molar-refractivity contribution in [1.82, 2.24) is 10.6 Å². The summed E-state index contributed by atoms with van der Waals surface area (Å²) in [4.78, 5) is 4.17. The Hall–Kier alpha value is -1.76. The van der Waals surface area contributed by atoms with Crippen molar-refractivity contribution in [3.8, 4) is 5.75 Å². The first kappa shape index (κ1) is 17.6. The first-order valence-electron chi connectivity index (χ1n) is 7.81. The first-order chi connectivity index (χ1) is 11.0. The molecule has 0 spiro atoms. The highest BCUT2D eigenvalue weighted by atomic mass is 32.2. The van der Waals surface area contributed by atoms with Gasteiger partial charge in [0.15, 0.2) is 15.8 Å². The van der Waals surface area contributed by atoms with Crippen LogP contribution in [0.5, 0.6) is 5.75 Å². The van der Waals surface area contributed by atoms with E-state index in [1.807, 2.05) is 24.3 Å². The lowest BCUT2D eigenvalue weighted by molar-refractivity contribution is 0.409. The molecule has 1 aromatic carbocycles. The fourth-order valence-electron chi connectivity index (χ4n) is 2.72. The van der Waals surface area contributed by atoms with Gasteiger partial charge < -0.3 is 15.4 Å². The number of guanidine groups is 1. The third-order valence-electron chi connectivity index (χ3n) is 3.99. The van der Waals surface area contributed by atoms with Crippen molar-refractivity contribution in [3.63, 3.8) is 0 Å². The van der Waals surface area contributed by atoms with Gasteiger partial charge in [0.1, 0.15) is 5.75 Å². The van der Waals surface area contributed by atoms with E-state index in [2.05, 4.69) is 15.6 Å². The Balaban J connectivity index is 1.75. The van der Waals surface area contributed by atoms with Crippen LogP contribution < -0.4 is 15.4 Å². The Morgan fingerprint density at radius 1 is 1.35 bits per heavy atom. The fraction of sp³-hybridized carbons (Fsp3) is 0.562. The van der Waals surface area contributed by atoms with E-state index in [1.54, 1.807) is 14.2 Å². The Morgan fingerprint density at radius 3 is 2.78 bits per heavy atom. The molecule has 1 aromatic rings. The van der Waals surface area contributed by atoms with Gasteiger partial charge in [-0.05, 0) is 30.4 Å². The van der Waals surface area contributed by atoms with Crippen molar-refractivity contribution in [2.24, 2.45) is 10.9 Å². The van der Waals surface area contributed by atoms with Crippen LogP contribution in [0.25, 0.3) is 0 Å². The van der Waals surface area contributed by atoms with E-state index in [0.717, 1.165) is 30.7 Å². The summed E-state index contributed by atoms with van der Waals surface area (Å²) >= 11 is 0. The van der Waals surface area contributed by atoms with Crippen molar-refractivity contribution in [1.29, 1.82) is 0 Å². The summed E-state index contributed by atoms with van der Waals surface area (Å²) < 4.78 is 28.3. The molecule has 0 aliphatic carbocycles. The van der Waals surface area contributed by atoms with Gasteiger partial charge in [0, 0.05) is 20.1 Å². The molecular formula is C16H25N3O3S. The van der Waals surface area contributed by atoms with Crippen LogP contribution in [0.3, 0.4) is 0 Å². The Morgan fingerprint density at radius 2 is 2.13 bits per heavy atom. The highest BCUT2D eigenvalue weighted by molar-refractivity contribution is 7.91. The molecular weight excluding hydrogens is 314 g/mol. The lowest BCUT2D eigenvalue weighted by Crippen LogP contribution is -2.40. The van der Waals surface area contributed by atoms with Gasteiger partial charge in [0.2, 0.25) is 0 Å². The predicted molar refractivity (Wildman–Crippen MR) is 92.8 cm³/mol. The number of methoxy groups -OCH3 is 1. The topological polar surface area (TPSA) is 79.8 Å². The molecule has 1 unspecified atom stereocenters. The Bertz CT molecular complexity index is 644. The van der Waals surface area contributed by atoms with Crippen molar-refractivity contribution in [2.75, 3.05) is 38.8 Å². The fourth-order valence-corrected chi connectivity index (χ4v) is 4.58. The first-order valence-corrected chi connectivity index (χ1v) is 9.63. The summed E-state index contributed by atoms with van der Waals surface area (Å²) in [5, 5.41) is 6.45. The summed E-state index contributed by atoms with van der Waals surface area (Å²) in [6.45, 7) is 1.36. The molecule has 0 bridgehead atoms. The quantitative estimate of drug-likeness (QED) is 0.593. The monoisotopic (exact) mass is 339 g/mol. The summed E-state index contributed by atoms with van der Waals surface area (Å²) in [5.41, 5.74) is 1.14. The lowest BCUT2D eigenvalue weighted by Gasteiger charge is -2.15. The Kier molecular flexibility index (Phi) is 6.27. The molecule has 2 rings (SSSR count). The van der Waals surface area contributed by atoms with E-state index in [4.69, 9.17) is 4.74 Å². The SMILES string of the molecule is CN=C(NCCc1ccccc1OC)NCC1CCS(=O)(=O)C1. The number of hydrogen-bond acceptors (Lipinski definition) is 4. The third-order valence-corrected chi connectivity index (χ3v) is 5.82. The van der Waals surface area contributed by atoms with Gasteiger partial charge in [-0.1, -0.05) is 18.2 Å². The van der Waals surface area contributed by atoms with E-state index in [9.17, 15) is 8.42 Å². The number of nitrogens with zero attached hydrogens (tertiary/aromatic N) is 1. The zero-order valence-electron chi connectivity index (χ0n) is 13.7. The largest absolute Gasteiger partial charge is 0.496 e. The molecule has 0 saturated carbocycles. The highest BCUT2D eigenvalue weighted by Crippen LogP contribution is 2.18. The smallest absolute Gasteiger partial charge is 0.190 e. The highest BCUT2D eigenvalue weighted by Gasteiger charge is 2.27. The van der Waals surface area contributed by atoms with E-state index < -0.39 is 9.84 Å². The standard InChI is InChI=1S/C16H25N3O3S/c1-17-16(19-11-13-8-10-23(20,21)12-13)18-9-7-14-5-3-4-6-15(14)22-2/h3-6,13H,7-12H2,1-2H3,(H2,17,18,19). The molecule has 23 heavy (non-hydrogen) atoms. The molecule has 2 N–H and O–H groups in total.